The van der Waals surface area contributed by atoms with E-state index in [9.17, 15) is 0 Å². The van der Waals surface area contributed by atoms with Crippen LogP contribution in [0.1, 0.15) is 11.1 Å². The first-order chi connectivity index (χ1) is 7.23. The summed E-state index contributed by atoms with van der Waals surface area (Å²) in [6, 6.07) is 8.99. The van der Waals surface area contributed by atoms with Crippen molar-refractivity contribution in [2.24, 2.45) is 0 Å². The van der Waals surface area contributed by atoms with Gasteiger partial charge in [0.25, 0.3) is 0 Å². The lowest BCUT2D eigenvalue weighted by molar-refractivity contribution is 1.49. The van der Waals surface area contributed by atoms with Crippen molar-refractivity contribution in [3.05, 3.63) is 35.4 Å². The predicted molar refractivity (Wildman–Crippen MR) is 79.9 cm³/mol. The number of hydrogen-bond donors (Lipinski definition) is 0. The highest BCUT2D eigenvalue weighted by Gasteiger charge is 2.39. The van der Waals surface area contributed by atoms with Gasteiger partial charge in [-0.15, -0.1) is 0 Å². The molecule has 0 radical (unpaired) electrons. The van der Waals surface area contributed by atoms with Gasteiger partial charge in [-0.25, -0.2) is 0 Å². The van der Waals surface area contributed by atoms with Gasteiger partial charge in [0.05, 0.1) is 16.1 Å². The van der Waals surface area contributed by atoms with Crippen molar-refractivity contribution in [3.63, 3.8) is 0 Å². The van der Waals surface area contributed by atoms with Gasteiger partial charge < -0.3 is 0 Å². The fourth-order valence-corrected chi connectivity index (χ4v) is 8.76. The normalized spacial score (nSPS) is 15.9. The van der Waals surface area contributed by atoms with E-state index in [0.717, 1.165) is 0 Å². The first-order valence-corrected chi connectivity index (χ1v) is 13.1. The summed E-state index contributed by atoms with van der Waals surface area (Å²) in [5.41, 5.74) is 3.11. The molecule has 1 aromatic carbocycles. The summed E-state index contributed by atoms with van der Waals surface area (Å²) in [6.07, 6.45) is 0. The SMILES string of the molecule is C[Si](C)(C)C1=C([Si](C)(C)C)c2ccccc21. The number of rotatable bonds is 2. The van der Waals surface area contributed by atoms with Crippen molar-refractivity contribution in [1.82, 2.24) is 0 Å². The lowest BCUT2D eigenvalue weighted by Crippen LogP contribution is -2.37. The summed E-state index contributed by atoms with van der Waals surface area (Å²) in [4.78, 5) is 0. The van der Waals surface area contributed by atoms with E-state index in [1.165, 1.54) is 0 Å². The van der Waals surface area contributed by atoms with Crippen LogP contribution in [-0.2, 0) is 0 Å². The van der Waals surface area contributed by atoms with Crippen LogP contribution < -0.4 is 0 Å². The zero-order valence-electron chi connectivity index (χ0n) is 11.3. The Morgan fingerprint density at radius 1 is 0.625 bits per heavy atom. The van der Waals surface area contributed by atoms with Gasteiger partial charge in [-0.3, -0.25) is 0 Å². The van der Waals surface area contributed by atoms with Gasteiger partial charge in [-0.05, 0) is 11.1 Å². The molecule has 16 heavy (non-hydrogen) atoms. The molecule has 0 unspecified atom stereocenters. The average Bonchev–Trinajstić information content (AvgIpc) is 2.01. The molecule has 0 atom stereocenters. The van der Waals surface area contributed by atoms with Crippen molar-refractivity contribution in [1.29, 1.82) is 0 Å². The lowest BCUT2D eigenvalue weighted by atomic mass is 9.97. The largest absolute Gasteiger partial charge is 0.0782 e. The van der Waals surface area contributed by atoms with Crippen molar-refractivity contribution >= 4 is 26.5 Å². The van der Waals surface area contributed by atoms with Crippen molar-refractivity contribution in [2.45, 2.75) is 39.3 Å². The third-order valence-electron chi connectivity index (χ3n) is 3.22. The van der Waals surface area contributed by atoms with Crippen LogP contribution in [-0.4, -0.2) is 16.1 Å². The molecule has 0 bridgehead atoms. The van der Waals surface area contributed by atoms with E-state index in [-0.39, 0.29) is 0 Å². The predicted octanol–water partition coefficient (Wildman–Crippen LogP) is 4.67. The summed E-state index contributed by atoms with van der Waals surface area (Å²) >= 11 is 0. The van der Waals surface area contributed by atoms with Crippen LogP contribution in [0.3, 0.4) is 0 Å². The van der Waals surface area contributed by atoms with Crippen LogP contribution >= 0.6 is 0 Å². The zero-order chi connectivity index (χ0) is 12.1. The van der Waals surface area contributed by atoms with E-state index in [1.807, 2.05) is 0 Å². The monoisotopic (exact) mass is 246 g/mol. The molecule has 0 nitrogen and oxygen atoms in total. The van der Waals surface area contributed by atoms with Gasteiger partial charge in [0.15, 0.2) is 0 Å². The van der Waals surface area contributed by atoms with Gasteiger partial charge >= 0.3 is 0 Å². The minimum atomic E-state index is -1.18. The molecule has 2 heteroatoms. The maximum absolute atomic E-state index is 2.47. The molecule has 0 aliphatic heterocycles. The maximum atomic E-state index is 2.47. The smallest absolute Gasteiger partial charge is 0.0656 e. The molecule has 1 aromatic rings. The maximum Gasteiger partial charge on any atom is 0.0782 e. The topological polar surface area (TPSA) is 0 Å². The molecular formula is C14H22Si2. The summed E-state index contributed by atoms with van der Waals surface area (Å²) in [5.74, 6) is 0. The molecule has 0 saturated carbocycles. The molecule has 0 spiro atoms. The Labute approximate surface area is 101 Å². The highest BCUT2D eigenvalue weighted by Crippen LogP contribution is 2.49. The Morgan fingerprint density at radius 3 is 1.19 bits per heavy atom. The first kappa shape index (κ1) is 11.9. The number of hydrogen-bond acceptors (Lipinski definition) is 0. The quantitative estimate of drug-likeness (QED) is 0.666. The molecule has 0 N–H and O–H groups in total. The van der Waals surface area contributed by atoms with Crippen LogP contribution in [0.4, 0.5) is 0 Å². The number of benzene rings is 1. The molecular weight excluding hydrogens is 224 g/mol. The van der Waals surface area contributed by atoms with Crippen LogP contribution in [0.25, 0.3) is 10.4 Å². The summed E-state index contributed by atoms with van der Waals surface area (Å²) in [7, 11) is -2.37. The van der Waals surface area contributed by atoms with Gasteiger partial charge in [0.1, 0.15) is 0 Å². The van der Waals surface area contributed by atoms with Crippen molar-refractivity contribution in [3.8, 4) is 0 Å². The third-order valence-corrected chi connectivity index (χ3v) is 7.50. The molecule has 0 aromatic heterocycles. The Morgan fingerprint density at radius 2 is 0.938 bits per heavy atom. The highest BCUT2D eigenvalue weighted by atomic mass is 28.3. The van der Waals surface area contributed by atoms with Crippen molar-refractivity contribution < 1.29 is 0 Å². The summed E-state index contributed by atoms with van der Waals surface area (Å²) < 4.78 is 0. The fourth-order valence-electron chi connectivity index (χ4n) is 2.68. The standard InChI is InChI=1S/C14H22Si2/c1-15(2,3)13-11-9-7-8-10-12(11)14(13)16(4,5)6/h7-10H,1-6H3. The van der Waals surface area contributed by atoms with E-state index in [2.05, 4.69) is 63.5 Å². The summed E-state index contributed by atoms with van der Waals surface area (Å²) in [5, 5.41) is 3.50. The third kappa shape index (κ3) is 1.74. The van der Waals surface area contributed by atoms with Gasteiger partial charge in [0.2, 0.25) is 0 Å². The minimum Gasteiger partial charge on any atom is -0.0656 e. The Bertz CT molecular complexity index is 413. The van der Waals surface area contributed by atoms with Crippen LogP contribution in [0.15, 0.2) is 24.3 Å². The van der Waals surface area contributed by atoms with Gasteiger partial charge in [-0.2, -0.15) is 0 Å². The van der Waals surface area contributed by atoms with E-state index < -0.39 is 16.1 Å². The van der Waals surface area contributed by atoms with E-state index >= 15 is 0 Å². The molecule has 0 fully saturated rings. The second kappa shape index (κ2) is 3.44. The second-order valence-electron chi connectivity index (χ2n) is 6.80. The second-order valence-corrected chi connectivity index (χ2v) is 16.8. The van der Waals surface area contributed by atoms with Gasteiger partial charge in [0, 0.05) is 0 Å². The molecule has 0 saturated heterocycles. The van der Waals surface area contributed by atoms with Crippen LogP contribution in [0.5, 0.6) is 0 Å². The lowest BCUT2D eigenvalue weighted by Gasteiger charge is -2.41. The highest BCUT2D eigenvalue weighted by molar-refractivity contribution is 7.06. The van der Waals surface area contributed by atoms with Crippen LogP contribution in [0, 0.1) is 0 Å². The van der Waals surface area contributed by atoms with Crippen molar-refractivity contribution in [2.75, 3.05) is 0 Å². The first-order valence-electron chi connectivity index (χ1n) is 6.08. The Hall–Kier alpha value is -0.606. The Kier molecular flexibility index (Phi) is 2.55. The van der Waals surface area contributed by atoms with E-state index in [4.69, 9.17) is 0 Å². The molecule has 0 amide bonds. The van der Waals surface area contributed by atoms with Gasteiger partial charge in [-0.1, -0.05) is 73.9 Å². The molecule has 0 heterocycles. The van der Waals surface area contributed by atoms with E-state index in [1.54, 1.807) is 21.5 Å². The molecule has 2 rings (SSSR count). The fraction of sp³-hybridized carbons (Fsp3) is 0.429. The Balaban J connectivity index is 2.62. The van der Waals surface area contributed by atoms with E-state index in [0.29, 0.717) is 0 Å². The average molecular weight is 247 g/mol. The molecule has 86 valence electrons. The summed E-state index contributed by atoms with van der Waals surface area (Å²) in [6.45, 7) is 14.8. The molecule has 1 aliphatic carbocycles. The van der Waals surface area contributed by atoms with Crippen LogP contribution in [0.2, 0.25) is 39.3 Å². The zero-order valence-corrected chi connectivity index (χ0v) is 13.3. The molecule has 1 aliphatic rings. The number of fused-ring (bicyclic) bond motifs is 1. The minimum absolute atomic E-state index is 1.18.